The van der Waals surface area contributed by atoms with Crippen molar-refractivity contribution >= 4 is 10.9 Å². The van der Waals surface area contributed by atoms with Crippen LogP contribution < -0.4 is 0 Å². The Morgan fingerprint density at radius 3 is 1.50 bits per heavy atom. The van der Waals surface area contributed by atoms with E-state index in [0.717, 1.165) is 6.26 Å². The van der Waals surface area contributed by atoms with Gasteiger partial charge in [0.1, 0.15) is 0 Å². The normalized spacial score (nSPS) is 11.4. The van der Waals surface area contributed by atoms with Gasteiger partial charge >= 0.3 is 0 Å². The summed E-state index contributed by atoms with van der Waals surface area (Å²) in [5.41, 5.74) is 1.32. The average molecular weight is 190 g/mol. The van der Waals surface area contributed by atoms with Crippen LogP contribution in [0.15, 0.2) is 30.3 Å². The molecule has 0 aliphatic heterocycles. The van der Waals surface area contributed by atoms with E-state index in [0.29, 0.717) is 0 Å². The van der Waals surface area contributed by atoms with Crippen molar-refractivity contribution in [2.45, 2.75) is 6.92 Å². The van der Waals surface area contributed by atoms with Gasteiger partial charge in [-0.3, -0.25) is 0 Å². The molecule has 0 aliphatic rings. The van der Waals surface area contributed by atoms with Gasteiger partial charge in [0.2, 0.25) is 0 Å². The number of hydrogen-bond acceptors (Lipinski definition) is 3. The Morgan fingerprint density at radius 1 is 1.00 bits per heavy atom. The van der Waals surface area contributed by atoms with Gasteiger partial charge in [-0.1, -0.05) is 35.9 Å². The molecule has 0 fully saturated rings. The summed E-state index contributed by atoms with van der Waals surface area (Å²) >= 11 is 0. The highest BCUT2D eigenvalue weighted by atomic mass is 32.3. The third-order valence-electron chi connectivity index (χ3n) is 0.940. The lowest BCUT2D eigenvalue weighted by molar-refractivity contribution is 0.384. The zero-order valence-corrected chi connectivity index (χ0v) is 7.95. The summed E-state index contributed by atoms with van der Waals surface area (Å²) in [6, 6.07) is 10.3. The molecule has 0 aromatic heterocycles. The maximum absolute atomic E-state index is 7.72. The van der Waals surface area contributed by atoms with Gasteiger partial charge in [0.15, 0.2) is 0 Å². The van der Waals surface area contributed by atoms with Crippen molar-refractivity contribution in [1.29, 1.82) is 0 Å². The van der Waals surface area contributed by atoms with Crippen LogP contribution in [0.1, 0.15) is 5.56 Å². The van der Waals surface area contributed by atoms with Gasteiger partial charge < -0.3 is 13.7 Å². The summed E-state index contributed by atoms with van der Waals surface area (Å²) in [6.45, 7) is 2.08. The molecule has 12 heavy (non-hydrogen) atoms. The molecule has 3 N–H and O–H groups in total. The second-order valence-electron chi connectivity index (χ2n) is 2.45. The van der Waals surface area contributed by atoms with E-state index in [4.69, 9.17) is 13.7 Å². The van der Waals surface area contributed by atoms with Crippen molar-refractivity contribution in [2.75, 3.05) is 6.26 Å². The van der Waals surface area contributed by atoms with Crippen molar-refractivity contribution < 1.29 is 13.7 Å². The molecule has 0 aliphatic carbocycles. The highest BCUT2D eigenvalue weighted by molar-refractivity contribution is 8.18. The molecule has 3 nitrogen and oxygen atoms in total. The van der Waals surface area contributed by atoms with E-state index < -0.39 is 10.9 Å². The van der Waals surface area contributed by atoms with Crippen molar-refractivity contribution in [3.63, 3.8) is 0 Å². The fourth-order valence-electron chi connectivity index (χ4n) is 0.534. The van der Waals surface area contributed by atoms with E-state index in [9.17, 15) is 0 Å². The highest BCUT2D eigenvalue weighted by Crippen LogP contribution is 2.24. The maximum Gasteiger partial charge on any atom is 0.0779 e. The van der Waals surface area contributed by atoms with E-state index in [1.807, 2.05) is 18.2 Å². The Hall–Kier alpha value is -0.550. The quantitative estimate of drug-likeness (QED) is 0.589. The van der Waals surface area contributed by atoms with E-state index in [2.05, 4.69) is 19.1 Å². The molecular weight excluding hydrogens is 176 g/mol. The summed E-state index contributed by atoms with van der Waals surface area (Å²) in [6.07, 6.45) is 0.938. The summed E-state index contributed by atoms with van der Waals surface area (Å²) in [5, 5.41) is 0. The van der Waals surface area contributed by atoms with Gasteiger partial charge in [-0.05, 0) is 6.92 Å². The topological polar surface area (TPSA) is 60.7 Å². The monoisotopic (exact) mass is 190 g/mol. The van der Waals surface area contributed by atoms with Crippen LogP contribution in [0.3, 0.4) is 0 Å². The standard InChI is InChI=1S/C7H8.CH6O3S/c1-7-5-3-2-4-6-7;1-5(2,3)4/h2-6H,1H3;2-4H,1H3. The molecule has 4 heteroatoms. The summed E-state index contributed by atoms with van der Waals surface area (Å²) in [5.74, 6) is 0. The van der Waals surface area contributed by atoms with Crippen LogP contribution in [0.5, 0.6) is 0 Å². The molecule has 0 heterocycles. The zero-order valence-electron chi connectivity index (χ0n) is 7.14. The molecule has 0 amide bonds. The molecule has 0 spiro atoms. The average Bonchev–Trinajstić information content (AvgIpc) is 1.85. The van der Waals surface area contributed by atoms with Gasteiger partial charge in [-0.15, -0.1) is 0 Å². The van der Waals surface area contributed by atoms with Gasteiger partial charge in [0.05, 0.1) is 10.9 Å². The summed E-state index contributed by atoms with van der Waals surface area (Å²) in [7, 11) is -3.17. The van der Waals surface area contributed by atoms with Gasteiger partial charge in [-0.25, -0.2) is 0 Å². The van der Waals surface area contributed by atoms with Crippen molar-refractivity contribution in [2.24, 2.45) is 0 Å². The van der Waals surface area contributed by atoms with E-state index in [1.165, 1.54) is 5.56 Å². The van der Waals surface area contributed by atoms with Crippen molar-refractivity contribution in [3.8, 4) is 0 Å². The predicted molar refractivity (Wildman–Crippen MR) is 52.6 cm³/mol. The molecule has 0 bridgehead atoms. The first-order chi connectivity index (χ1) is 5.39. The molecule has 1 aromatic rings. The Balaban J connectivity index is 0.000000217. The molecule has 1 rings (SSSR count). The van der Waals surface area contributed by atoms with Crippen LogP contribution in [0.25, 0.3) is 0 Å². The minimum absolute atomic E-state index is 0.938. The van der Waals surface area contributed by atoms with Gasteiger partial charge in [-0.2, -0.15) is 0 Å². The van der Waals surface area contributed by atoms with Crippen LogP contribution in [0.2, 0.25) is 0 Å². The van der Waals surface area contributed by atoms with Crippen molar-refractivity contribution in [3.05, 3.63) is 35.9 Å². The Kier molecular flexibility index (Phi) is 4.92. The third kappa shape index (κ3) is 12.2. The fraction of sp³-hybridized carbons (Fsp3) is 0.250. The fourth-order valence-corrected chi connectivity index (χ4v) is 0.534. The predicted octanol–water partition coefficient (Wildman–Crippen LogP) is 2.83. The number of rotatable bonds is 0. The number of benzene rings is 1. The second-order valence-corrected chi connectivity index (χ2v) is 4.03. The van der Waals surface area contributed by atoms with Crippen LogP contribution in [0, 0.1) is 6.92 Å². The first kappa shape index (κ1) is 11.4. The minimum Gasteiger partial charge on any atom is -0.308 e. The van der Waals surface area contributed by atoms with Crippen LogP contribution in [-0.2, 0) is 0 Å². The number of aryl methyl sites for hydroxylation is 1. The van der Waals surface area contributed by atoms with Gasteiger partial charge in [0.25, 0.3) is 0 Å². The molecule has 1 aromatic carbocycles. The van der Waals surface area contributed by atoms with Crippen molar-refractivity contribution in [1.82, 2.24) is 0 Å². The zero-order chi connectivity index (χ0) is 9.61. The van der Waals surface area contributed by atoms with Gasteiger partial charge in [0, 0.05) is 6.26 Å². The lowest BCUT2D eigenvalue weighted by atomic mass is 10.2. The molecule has 0 saturated heterocycles. The molecule has 0 radical (unpaired) electrons. The van der Waals surface area contributed by atoms with E-state index >= 15 is 0 Å². The number of hydrogen-bond donors (Lipinski definition) is 3. The largest absolute Gasteiger partial charge is 0.308 e. The SMILES string of the molecule is CS(O)(O)O.Cc1ccccc1. The highest BCUT2D eigenvalue weighted by Gasteiger charge is 1.94. The second kappa shape index (κ2) is 5.16. The summed E-state index contributed by atoms with van der Waals surface area (Å²) < 4.78 is 23.1. The Bertz CT molecular complexity index is 199. The Morgan fingerprint density at radius 2 is 1.33 bits per heavy atom. The van der Waals surface area contributed by atoms with E-state index in [-0.39, 0.29) is 0 Å². The molecule has 0 unspecified atom stereocenters. The van der Waals surface area contributed by atoms with Crippen LogP contribution in [0.4, 0.5) is 0 Å². The van der Waals surface area contributed by atoms with Crippen LogP contribution in [-0.4, -0.2) is 19.9 Å². The summed E-state index contributed by atoms with van der Waals surface area (Å²) in [4.78, 5) is 0. The molecule has 70 valence electrons. The molecule has 0 atom stereocenters. The first-order valence-corrected chi connectivity index (χ1v) is 5.28. The smallest absolute Gasteiger partial charge is 0.0779 e. The van der Waals surface area contributed by atoms with Crippen LogP contribution >= 0.6 is 10.9 Å². The first-order valence-electron chi connectivity index (χ1n) is 3.37. The lowest BCUT2D eigenvalue weighted by Gasteiger charge is -2.08. The molecular formula is C8H14O3S. The molecule has 0 saturated carbocycles. The van der Waals surface area contributed by atoms with E-state index in [1.54, 1.807) is 0 Å². The Labute approximate surface area is 74.2 Å². The third-order valence-corrected chi connectivity index (χ3v) is 0.940. The lowest BCUT2D eigenvalue weighted by Crippen LogP contribution is -1.86. The maximum atomic E-state index is 7.72. The minimum atomic E-state index is -3.17.